The molecule has 0 aliphatic rings. The first-order valence-corrected chi connectivity index (χ1v) is 8.90. The third-order valence-corrected chi connectivity index (χ3v) is 4.31. The van der Waals surface area contributed by atoms with Crippen LogP contribution in [0.3, 0.4) is 0 Å². The van der Waals surface area contributed by atoms with Crippen LogP contribution in [0.15, 0.2) is 66.9 Å². The van der Waals surface area contributed by atoms with Gasteiger partial charge in [-0.25, -0.2) is 4.52 Å². The molecule has 0 unspecified atom stereocenters. The fourth-order valence-corrected chi connectivity index (χ4v) is 2.97. The van der Waals surface area contributed by atoms with Gasteiger partial charge < -0.3 is 16.0 Å². The Balaban J connectivity index is 1.61. The second-order valence-electron chi connectivity index (χ2n) is 6.34. The van der Waals surface area contributed by atoms with Gasteiger partial charge in [-0.15, -0.1) is 5.10 Å². The van der Waals surface area contributed by atoms with Crippen molar-refractivity contribution in [3.63, 3.8) is 0 Å². The zero-order valence-electron chi connectivity index (χ0n) is 15.6. The molecule has 2 heterocycles. The molecule has 2 aromatic carbocycles. The molecule has 0 fully saturated rings. The molecule has 4 aromatic rings. The number of carbonyl (C=O) groups excluding carboxylic acids is 1. The number of hydrogen-bond acceptors (Lipinski definition) is 5. The fraction of sp³-hybridized carbons (Fsp3) is 0.0952. The van der Waals surface area contributed by atoms with Crippen LogP contribution in [-0.4, -0.2) is 27.6 Å². The van der Waals surface area contributed by atoms with E-state index in [1.165, 1.54) is 6.92 Å². The largest absolute Gasteiger partial charge is 0.388 e. The predicted molar refractivity (Wildman–Crippen MR) is 112 cm³/mol. The maximum atomic E-state index is 11.1. The van der Waals surface area contributed by atoms with Crippen molar-refractivity contribution in [1.82, 2.24) is 14.6 Å². The number of aromatic nitrogens is 3. The first-order valence-electron chi connectivity index (χ1n) is 8.90. The third-order valence-electron chi connectivity index (χ3n) is 4.31. The molecule has 0 atom stereocenters. The van der Waals surface area contributed by atoms with Crippen LogP contribution >= 0.6 is 0 Å². The maximum Gasteiger partial charge on any atom is 0.247 e. The van der Waals surface area contributed by atoms with E-state index in [1.54, 1.807) is 4.52 Å². The Morgan fingerprint density at radius 3 is 2.29 bits per heavy atom. The van der Waals surface area contributed by atoms with Gasteiger partial charge in [0.15, 0.2) is 5.65 Å². The lowest BCUT2D eigenvalue weighted by Crippen LogP contribution is -2.05. The summed E-state index contributed by atoms with van der Waals surface area (Å²) in [4.78, 5) is 15.8. The van der Waals surface area contributed by atoms with Gasteiger partial charge in [0.1, 0.15) is 0 Å². The molecule has 0 saturated carbocycles. The van der Waals surface area contributed by atoms with E-state index in [-0.39, 0.29) is 5.91 Å². The number of anilines is 4. The van der Waals surface area contributed by atoms with Gasteiger partial charge in [-0.05, 0) is 54.1 Å². The van der Waals surface area contributed by atoms with Crippen LogP contribution < -0.4 is 16.0 Å². The minimum atomic E-state index is -0.0991. The van der Waals surface area contributed by atoms with Gasteiger partial charge in [-0.2, -0.15) is 4.98 Å². The molecule has 1 amide bonds. The number of carbonyl (C=O) groups is 1. The number of fused-ring (bicyclic) bond motifs is 1. The van der Waals surface area contributed by atoms with Crippen molar-refractivity contribution < 1.29 is 4.79 Å². The number of pyridine rings is 1. The van der Waals surface area contributed by atoms with Gasteiger partial charge >= 0.3 is 0 Å². The van der Waals surface area contributed by atoms with E-state index in [2.05, 4.69) is 38.2 Å². The van der Waals surface area contributed by atoms with Crippen molar-refractivity contribution in [2.75, 3.05) is 23.0 Å². The normalized spacial score (nSPS) is 10.6. The van der Waals surface area contributed by atoms with Crippen molar-refractivity contribution in [2.45, 2.75) is 6.92 Å². The summed E-state index contributed by atoms with van der Waals surface area (Å²) in [6, 6.07) is 19.6. The van der Waals surface area contributed by atoms with Crippen LogP contribution in [0, 0.1) is 0 Å². The molecule has 7 heteroatoms. The van der Waals surface area contributed by atoms with Crippen LogP contribution in [0.1, 0.15) is 6.92 Å². The van der Waals surface area contributed by atoms with Crippen molar-refractivity contribution in [1.29, 1.82) is 0 Å². The van der Waals surface area contributed by atoms with E-state index >= 15 is 0 Å². The average Bonchev–Trinajstić information content (AvgIpc) is 3.11. The van der Waals surface area contributed by atoms with Crippen molar-refractivity contribution in [3.05, 3.63) is 66.9 Å². The predicted octanol–water partition coefficient (Wildman–Crippen LogP) is 4.14. The third kappa shape index (κ3) is 3.64. The Labute approximate surface area is 162 Å². The number of nitrogens with zero attached hydrogens (tertiary/aromatic N) is 3. The molecule has 0 bridgehead atoms. The Morgan fingerprint density at radius 2 is 1.61 bits per heavy atom. The summed E-state index contributed by atoms with van der Waals surface area (Å²) in [5.74, 6) is 0.407. The molecule has 0 radical (unpaired) electrons. The van der Waals surface area contributed by atoms with Crippen molar-refractivity contribution in [2.24, 2.45) is 0 Å². The molecule has 0 aliphatic heterocycles. The van der Waals surface area contributed by atoms with Crippen molar-refractivity contribution >= 4 is 34.6 Å². The molecule has 3 N–H and O–H groups in total. The lowest BCUT2D eigenvalue weighted by atomic mass is 10.1. The first kappa shape index (κ1) is 17.5. The molecule has 0 spiro atoms. The summed E-state index contributed by atoms with van der Waals surface area (Å²) in [6.45, 7) is 1.48. The maximum absolute atomic E-state index is 11.1. The van der Waals surface area contributed by atoms with E-state index in [4.69, 9.17) is 0 Å². The van der Waals surface area contributed by atoms with Gasteiger partial charge in [0.05, 0.1) is 0 Å². The summed E-state index contributed by atoms with van der Waals surface area (Å²) in [6.07, 6.45) is 1.87. The minimum Gasteiger partial charge on any atom is -0.388 e. The summed E-state index contributed by atoms with van der Waals surface area (Å²) in [5, 5.41) is 13.6. The van der Waals surface area contributed by atoms with E-state index in [0.29, 0.717) is 5.95 Å². The highest BCUT2D eigenvalue weighted by Gasteiger charge is 2.10. The SMILES string of the molecule is CNc1ccc(-c2cccn3nc(Nc4ccc(NC(C)=O)cc4)nc23)cc1. The van der Waals surface area contributed by atoms with Crippen molar-refractivity contribution in [3.8, 4) is 11.1 Å². The summed E-state index contributed by atoms with van der Waals surface area (Å²) >= 11 is 0. The Kier molecular flexibility index (Phi) is 4.63. The molecule has 0 saturated heterocycles. The zero-order valence-corrected chi connectivity index (χ0v) is 15.6. The monoisotopic (exact) mass is 372 g/mol. The molecule has 7 nitrogen and oxygen atoms in total. The fourth-order valence-electron chi connectivity index (χ4n) is 2.97. The molecule has 28 heavy (non-hydrogen) atoms. The standard InChI is InChI=1S/C21H20N6O/c1-14(28)23-17-9-11-18(12-10-17)24-21-25-20-19(4-3-13-27(20)26-21)15-5-7-16(22-2)8-6-15/h3-13,22H,1-2H3,(H,23,28)(H,24,26). The second-order valence-corrected chi connectivity index (χ2v) is 6.34. The van der Waals surface area contributed by atoms with Gasteiger partial charge in [0.25, 0.3) is 0 Å². The number of benzene rings is 2. The lowest BCUT2D eigenvalue weighted by molar-refractivity contribution is -0.114. The van der Waals surface area contributed by atoms with Gasteiger partial charge in [0.2, 0.25) is 11.9 Å². The van der Waals surface area contributed by atoms with Gasteiger partial charge in [0, 0.05) is 42.8 Å². The molecule has 0 aliphatic carbocycles. The molecular weight excluding hydrogens is 352 g/mol. The van der Waals surface area contributed by atoms with Crippen LogP contribution in [-0.2, 0) is 4.79 Å². The summed E-state index contributed by atoms with van der Waals surface area (Å²) in [5.41, 5.74) is 5.49. The summed E-state index contributed by atoms with van der Waals surface area (Å²) in [7, 11) is 1.90. The molecule has 2 aromatic heterocycles. The van der Waals surface area contributed by atoms with E-state index in [9.17, 15) is 4.79 Å². The number of nitrogens with one attached hydrogen (secondary N) is 3. The Hall–Kier alpha value is -3.87. The van der Waals surface area contributed by atoms with E-state index in [1.807, 2.05) is 61.8 Å². The van der Waals surface area contributed by atoms with Gasteiger partial charge in [-0.3, -0.25) is 4.79 Å². The first-order chi connectivity index (χ1) is 13.6. The number of amides is 1. The number of rotatable bonds is 5. The highest BCUT2D eigenvalue weighted by molar-refractivity contribution is 5.88. The Morgan fingerprint density at radius 1 is 0.929 bits per heavy atom. The van der Waals surface area contributed by atoms with Crippen LogP contribution in [0.5, 0.6) is 0 Å². The molecule has 4 rings (SSSR count). The lowest BCUT2D eigenvalue weighted by Gasteiger charge is -2.05. The smallest absolute Gasteiger partial charge is 0.247 e. The van der Waals surface area contributed by atoms with E-state index in [0.717, 1.165) is 33.8 Å². The van der Waals surface area contributed by atoms with Crippen LogP contribution in [0.25, 0.3) is 16.8 Å². The van der Waals surface area contributed by atoms with Gasteiger partial charge in [-0.1, -0.05) is 12.1 Å². The highest BCUT2D eigenvalue weighted by atomic mass is 16.1. The zero-order chi connectivity index (χ0) is 19.5. The van der Waals surface area contributed by atoms with Crippen LogP contribution in [0.4, 0.5) is 23.0 Å². The average molecular weight is 372 g/mol. The highest BCUT2D eigenvalue weighted by Crippen LogP contribution is 2.26. The minimum absolute atomic E-state index is 0.0991. The quantitative estimate of drug-likeness (QED) is 0.490. The molecular formula is C21H20N6O. The molecule has 140 valence electrons. The summed E-state index contributed by atoms with van der Waals surface area (Å²) < 4.78 is 1.76. The second kappa shape index (κ2) is 7.40. The van der Waals surface area contributed by atoms with Crippen LogP contribution in [0.2, 0.25) is 0 Å². The van der Waals surface area contributed by atoms with E-state index < -0.39 is 0 Å². The Bertz CT molecular complexity index is 1120. The number of hydrogen-bond donors (Lipinski definition) is 3. The topological polar surface area (TPSA) is 83.4 Å².